The second kappa shape index (κ2) is 31.6. The molecular weight excluding hydrogens is 692 g/mol. The fourth-order valence-corrected chi connectivity index (χ4v) is 6.31. The molecule has 304 valence electrons. The molecule has 13 heteroatoms. The highest BCUT2D eigenvalue weighted by Gasteiger charge is 2.48. The summed E-state index contributed by atoms with van der Waals surface area (Å²) in [4.78, 5) is 12.8. The minimum Gasteiger partial charge on any atom is -0.457 e. The van der Waals surface area contributed by atoms with Gasteiger partial charge in [-0.15, -0.1) is 0 Å². The molecule has 0 spiro atoms. The van der Waals surface area contributed by atoms with E-state index in [0.717, 1.165) is 70.6 Å². The maximum Gasteiger partial charge on any atom is 0.397 e. The second-order valence-corrected chi connectivity index (χ2v) is 14.5. The number of hydrogen-bond acceptors (Lipinski definition) is 11. The molecule has 12 nitrogen and oxygen atoms in total. The summed E-state index contributed by atoms with van der Waals surface area (Å²) in [6.45, 7) is 3.81. The fraction of sp³-hybridized carbons (Fsp3) is 0.821. The average Bonchev–Trinajstić information content (AvgIpc) is 3.11. The Balaban J connectivity index is 2.46. The summed E-state index contributed by atoms with van der Waals surface area (Å²) in [5, 5.41) is 30.5. The van der Waals surface area contributed by atoms with E-state index in [9.17, 15) is 28.5 Å². The highest BCUT2D eigenvalue weighted by molar-refractivity contribution is 7.80. The molecule has 0 amide bonds. The number of allylic oxidation sites excluding steroid dienone is 6. The first-order valence-corrected chi connectivity index (χ1v) is 21.1. The minimum atomic E-state index is -5.05. The van der Waals surface area contributed by atoms with E-state index in [1.165, 1.54) is 44.9 Å². The van der Waals surface area contributed by atoms with Crippen LogP contribution in [0.2, 0.25) is 0 Å². The molecule has 1 heterocycles. The smallest absolute Gasteiger partial charge is 0.397 e. The van der Waals surface area contributed by atoms with Crippen molar-refractivity contribution in [2.24, 2.45) is 0 Å². The number of carbonyl (C=O) groups is 1. The molecule has 6 unspecified atom stereocenters. The SMILES string of the molecule is CC/C=C\C/C=C\C/C=C\CCCCCCCCCC(=O)OC(COCCCCCCCCCC)COC1OC(CO)C(O)C(OS(=O)(=O)O)C1O. The zero-order chi connectivity index (χ0) is 38.3. The van der Waals surface area contributed by atoms with Crippen molar-refractivity contribution in [2.75, 3.05) is 26.4 Å². The molecule has 0 saturated carbocycles. The van der Waals surface area contributed by atoms with Crippen LogP contribution in [0.3, 0.4) is 0 Å². The predicted octanol–water partition coefficient (Wildman–Crippen LogP) is 7.07. The summed E-state index contributed by atoms with van der Waals surface area (Å²) in [7, 11) is -5.05. The largest absolute Gasteiger partial charge is 0.457 e. The van der Waals surface area contributed by atoms with Crippen molar-refractivity contribution in [1.29, 1.82) is 0 Å². The summed E-state index contributed by atoms with van der Waals surface area (Å²) in [5.41, 5.74) is 0. The maximum atomic E-state index is 12.8. The van der Waals surface area contributed by atoms with Crippen molar-refractivity contribution in [3.8, 4) is 0 Å². The Kier molecular flexibility index (Phi) is 29.4. The van der Waals surface area contributed by atoms with Gasteiger partial charge in [0.1, 0.15) is 30.5 Å². The standard InChI is InChI=1S/C39H70O12S/c1-3-5-7-9-11-13-14-15-16-17-18-19-20-21-22-24-26-28-35(41)49-33(31-47-29-27-25-23-12-10-8-6-4-2)32-48-39-37(43)38(51-52(44,45)46)36(42)34(30-40)50-39/h5,7,11,13,15-16,33-34,36-40,42-43H,3-4,6,8-10,12,14,17-32H2,1-2H3,(H,44,45,46)/b7-5-,13-11-,16-15-. The van der Waals surface area contributed by atoms with Gasteiger partial charge in [-0.2, -0.15) is 8.42 Å². The Morgan fingerprint density at radius 3 is 1.94 bits per heavy atom. The van der Waals surface area contributed by atoms with E-state index in [-0.39, 0.29) is 19.6 Å². The number of hydrogen-bond donors (Lipinski definition) is 4. The van der Waals surface area contributed by atoms with E-state index < -0.39 is 59.8 Å². The summed E-state index contributed by atoms with van der Waals surface area (Å²) < 4.78 is 58.7. The number of aliphatic hydroxyl groups is 3. The van der Waals surface area contributed by atoms with Gasteiger partial charge in [-0.1, -0.05) is 127 Å². The minimum absolute atomic E-state index is 0.0323. The van der Waals surface area contributed by atoms with Crippen LogP contribution in [0.25, 0.3) is 0 Å². The monoisotopic (exact) mass is 762 g/mol. The molecule has 1 fully saturated rings. The molecule has 1 aliphatic rings. The number of esters is 1. The van der Waals surface area contributed by atoms with Crippen LogP contribution in [0.4, 0.5) is 0 Å². The van der Waals surface area contributed by atoms with E-state index in [1.807, 2.05) is 0 Å². The van der Waals surface area contributed by atoms with Gasteiger partial charge in [-0.05, 0) is 44.9 Å². The van der Waals surface area contributed by atoms with Gasteiger partial charge < -0.3 is 34.3 Å². The van der Waals surface area contributed by atoms with E-state index in [4.69, 9.17) is 23.5 Å². The van der Waals surface area contributed by atoms with Crippen LogP contribution in [0.15, 0.2) is 36.5 Å². The number of rotatable bonds is 33. The Hall–Kier alpha value is -1.68. The van der Waals surface area contributed by atoms with Crippen LogP contribution < -0.4 is 0 Å². The highest BCUT2D eigenvalue weighted by atomic mass is 32.3. The molecule has 0 aromatic rings. The van der Waals surface area contributed by atoms with E-state index in [2.05, 4.69) is 54.5 Å². The van der Waals surface area contributed by atoms with Crippen molar-refractivity contribution >= 4 is 16.4 Å². The van der Waals surface area contributed by atoms with E-state index >= 15 is 0 Å². The van der Waals surface area contributed by atoms with Crippen LogP contribution in [-0.2, 0) is 38.3 Å². The van der Waals surface area contributed by atoms with Gasteiger partial charge in [0.2, 0.25) is 0 Å². The van der Waals surface area contributed by atoms with Crippen molar-refractivity contribution in [1.82, 2.24) is 0 Å². The third-order valence-corrected chi connectivity index (χ3v) is 9.24. The third-order valence-electron chi connectivity index (χ3n) is 8.78. The molecule has 0 bridgehead atoms. The third kappa shape index (κ3) is 25.4. The van der Waals surface area contributed by atoms with Gasteiger partial charge in [0.25, 0.3) is 0 Å². The summed E-state index contributed by atoms with van der Waals surface area (Å²) in [6, 6.07) is 0. The Labute approximate surface area is 313 Å². The van der Waals surface area contributed by atoms with Gasteiger partial charge >= 0.3 is 16.4 Å². The molecule has 1 saturated heterocycles. The summed E-state index contributed by atoms with van der Waals surface area (Å²) >= 11 is 0. The Morgan fingerprint density at radius 2 is 1.33 bits per heavy atom. The van der Waals surface area contributed by atoms with Crippen LogP contribution in [0.5, 0.6) is 0 Å². The van der Waals surface area contributed by atoms with Crippen LogP contribution in [-0.4, -0.2) is 97.5 Å². The lowest BCUT2D eigenvalue weighted by Gasteiger charge is -2.41. The number of carbonyl (C=O) groups excluding carboxylic acids is 1. The first-order valence-electron chi connectivity index (χ1n) is 19.7. The number of aliphatic hydroxyl groups excluding tert-OH is 3. The van der Waals surface area contributed by atoms with Crippen molar-refractivity contribution < 1.29 is 56.2 Å². The van der Waals surface area contributed by atoms with Crippen molar-refractivity contribution in [3.05, 3.63) is 36.5 Å². The molecule has 0 aliphatic carbocycles. The van der Waals surface area contributed by atoms with Gasteiger partial charge in [-0.3, -0.25) is 9.35 Å². The topological polar surface area (TPSA) is 178 Å². The van der Waals surface area contributed by atoms with Crippen molar-refractivity contribution in [3.63, 3.8) is 0 Å². The first kappa shape index (κ1) is 48.3. The molecule has 0 aromatic heterocycles. The van der Waals surface area contributed by atoms with E-state index in [1.54, 1.807) is 0 Å². The predicted molar refractivity (Wildman–Crippen MR) is 202 cm³/mol. The molecule has 6 atom stereocenters. The number of unbranched alkanes of at least 4 members (excludes halogenated alkanes) is 14. The van der Waals surface area contributed by atoms with Crippen LogP contribution >= 0.6 is 0 Å². The zero-order valence-corrected chi connectivity index (χ0v) is 32.7. The Morgan fingerprint density at radius 1 is 0.750 bits per heavy atom. The number of ether oxygens (including phenoxy) is 4. The highest BCUT2D eigenvalue weighted by Crippen LogP contribution is 2.26. The quantitative estimate of drug-likeness (QED) is 0.0232. The average molecular weight is 763 g/mol. The zero-order valence-electron chi connectivity index (χ0n) is 31.9. The second-order valence-electron chi connectivity index (χ2n) is 13.5. The molecular formula is C39H70O12S. The van der Waals surface area contributed by atoms with Crippen molar-refractivity contribution in [2.45, 2.75) is 179 Å². The summed E-state index contributed by atoms with van der Waals surface area (Å²) in [5.74, 6) is -0.412. The molecule has 52 heavy (non-hydrogen) atoms. The van der Waals surface area contributed by atoms with Crippen LogP contribution in [0, 0.1) is 0 Å². The van der Waals surface area contributed by atoms with Gasteiger partial charge in [-0.25, -0.2) is 4.18 Å². The van der Waals surface area contributed by atoms with E-state index in [0.29, 0.717) is 13.0 Å². The van der Waals surface area contributed by atoms with Gasteiger partial charge in [0.05, 0.1) is 19.8 Å². The molecule has 4 N–H and O–H groups in total. The lowest BCUT2D eigenvalue weighted by atomic mass is 9.99. The molecule has 0 radical (unpaired) electrons. The fourth-order valence-electron chi connectivity index (χ4n) is 5.80. The maximum absolute atomic E-state index is 12.8. The van der Waals surface area contributed by atoms with Crippen LogP contribution in [0.1, 0.15) is 142 Å². The Bertz CT molecular complexity index is 1060. The summed E-state index contributed by atoms with van der Waals surface area (Å²) in [6.07, 6.45) is 24.8. The molecule has 0 aromatic carbocycles. The molecule has 1 aliphatic heterocycles. The first-order chi connectivity index (χ1) is 25.1. The lowest BCUT2D eigenvalue weighted by molar-refractivity contribution is -0.301. The van der Waals surface area contributed by atoms with Gasteiger partial charge in [0, 0.05) is 13.0 Å². The lowest BCUT2D eigenvalue weighted by Crippen LogP contribution is -2.60. The normalized spacial score (nSPS) is 21.8. The van der Waals surface area contributed by atoms with Gasteiger partial charge in [0.15, 0.2) is 6.29 Å². The molecule has 1 rings (SSSR count).